The maximum atomic E-state index is 11.6. The van der Waals surface area contributed by atoms with E-state index in [9.17, 15) is 13.2 Å². The monoisotopic (exact) mass is 435 g/mol. The highest BCUT2D eigenvalue weighted by atomic mass is 127. The summed E-state index contributed by atoms with van der Waals surface area (Å²) in [7, 11) is -3.51. The molecule has 0 radical (unpaired) electrons. The van der Waals surface area contributed by atoms with Crippen LogP contribution in [0.4, 0.5) is 0 Å². The van der Waals surface area contributed by atoms with E-state index in [4.69, 9.17) is 5.14 Å². The molecule has 0 heterocycles. The molecule has 0 atom stereocenters. The molecular weight excluding hydrogens is 409 g/mol. The maximum Gasteiger partial charge on any atom is 0.242 e. The molecule has 0 bridgehead atoms. The Bertz CT molecular complexity index is 445. The summed E-state index contributed by atoms with van der Waals surface area (Å²) in [6.07, 6.45) is 0. The smallest absolute Gasteiger partial charge is 0.242 e. The molecule has 0 fully saturated rings. The minimum absolute atomic E-state index is 0. The predicted octanol–water partition coefficient (Wildman–Crippen LogP) is -0.637. The fourth-order valence-electron chi connectivity index (χ4n) is 1.26. The predicted molar refractivity (Wildman–Crippen MR) is 95.3 cm³/mol. The lowest BCUT2D eigenvalue weighted by atomic mass is 10.1. The van der Waals surface area contributed by atoms with Gasteiger partial charge in [-0.15, -0.1) is 24.0 Å². The lowest BCUT2D eigenvalue weighted by Crippen LogP contribution is -2.44. The number of nitrogens with zero attached hydrogens (tertiary/aromatic N) is 1. The summed E-state index contributed by atoms with van der Waals surface area (Å²) in [6.45, 7) is 8.19. The fourth-order valence-corrected chi connectivity index (χ4v) is 1.65. The van der Waals surface area contributed by atoms with Crippen molar-refractivity contribution in [3.8, 4) is 0 Å². The first kappa shape index (κ1) is 22.7. The van der Waals surface area contributed by atoms with Gasteiger partial charge in [0.15, 0.2) is 5.96 Å². The molecule has 0 aromatic rings. The third-order valence-corrected chi connectivity index (χ3v) is 2.69. The van der Waals surface area contributed by atoms with Gasteiger partial charge in [-0.05, 0) is 27.7 Å². The first-order valence-electron chi connectivity index (χ1n) is 6.37. The van der Waals surface area contributed by atoms with Crippen molar-refractivity contribution in [2.45, 2.75) is 33.2 Å². The second kappa shape index (κ2) is 10.2. The van der Waals surface area contributed by atoms with E-state index < -0.39 is 10.0 Å². The molecule has 0 unspecified atom stereocenters. The summed E-state index contributed by atoms with van der Waals surface area (Å²) in [6, 6.07) is 0. The molecule has 0 aliphatic rings. The molecule has 8 nitrogen and oxygen atoms in total. The van der Waals surface area contributed by atoms with Crippen LogP contribution < -0.4 is 21.1 Å². The van der Waals surface area contributed by atoms with E-state index in [1.165, 1.54) is 0 Å². The number of carbonyl (C=O) groups excluding carboxylic acids is 1. The average molecular weight is 435 g/mol. The van der Waals surface area contributed by atoms with Crippen LogP contribution in [0, 0.1) is 0 Å². The number of amides is 1. The zero-order valence-electron chi connectivity index (χ0n) is 12.9. The number of primary sulfonamides is 1. The van der Waals surface area contributed by atoms with Crippen LogP contribution in [0.2, 0.25) is 0 Å². The van der Waals surface area contributed by atoms with Gasteiger partial charge in [0.05, 0.1) is 5.75 Å². The standard InChI is InChI=1S/C11H25N5O3S.HI/c1-5-13-10(14-6-7-20(12,18)19)15-8-9(17)16-11(2,3)4;/h5-8H2,1-4H3,(H,16,17)(H2,12,18,19)(H2,13,14,15);1H. The van der Waals surface area contributed by atoms with Gasteiger partial charge in [-0.25, -0.2) is 18.5 Å². The number of carbonyl (C=O) groups is 1. The van der Waals surface area contributed by atoms with Gasteiger partial charge in [-0.2, -0.15) is 0 Å². The molecule has 0 aromatic heterocycles. The van der Waals surface area contributed by atoms with E-state index in [0.29, 0.717) is 12.5 Å². The van der Waals surface area contributed by atoms with Crippen LogP contribution in [0.15, 0.2) is 4.99 Å². The van der Waals surface area contributed by atoms with Crippen LogP contribution >= 0.6 is 24.0 Å². The van der Waals surface area contributed by atoms with E-state index in [-0.39, 0.29) is 54.3 Å². The second-order valence-electron chi connectivity index (χ2n) is 5.29. The van der Waals surface area contributed by atoms with Crippen molar-refractivity contribution in [3.63, 3.8) is 0 Å². The SMILES string of the molecule is CCNC(=NCC(=O)NC(C)(C)C)NCCS(N)(=O)=O.I. The van der Waals surface area contributed by atoms with E-state index in [2.05, 4.69) is 20.9 Å². The summed E-state index contributed by atoms with van der Waals surface area (Å²) >= 11 is 0. The molecular formula is C11H26IN5O3S. The van der Waals surface area contributed by atoms with Crippen molar-refractivity contribution in [3.05, 3.63) is 0 Å². The van der Waals surface area contributed by atoms with Crippen molar-refractivity contribution in [1.82, 2.24) is 16.0 Å². The highest BCUT2D eigenvalue weighted by Gasteiger charge is 2.13. The molecule has 21 heavy (non-hydrogen) atoms. The molecule has 126 valence electrons. The normalized spacial score (nSPS) is 12.3. The summed E-state index contributed by atoms with van der Waals surface area (Å²) in [5.41, 5.74) is -0.313. The zero-order chi connectivity index (χ0) is 15.8. The summed E-state index contributed by atoms with van der Waals surface area (Å²) in [4.78, 5) is 15.7. The third kappa shape index (κ3) is 15.6. The minimum atomic E-state index is -3.51. The largest absolute Gasteiger partial charge is 0.357 e. The quantitative estimate of drug-likeness (QED) is 0.251. The van der Waals surface area contributed by atoms with Crippen molar-refractivity contribution in [2.24, 2.45) is 10.1 Å². The Balaban J connectivity index is 0. The van der Waals surface area contributed by atoms with Gasteiger partial charge < -0.3 is 16.0 Å². The molecule has 5 N–H and O–H groups in total. The van der Waals surface area contributed by atoms with Crippen LogP contribution in [0.25, 0.3) is 0 Å². The topological polar surface area (TPSA) is 126 Å². The fraction of sp³-hybridized carbons (Fsp3) is 0.818. The molecule has 0 aromatic carbocycles. The highest BCUT2D eigenvalue weighted by molar-refractivity contribution is 14.0. The Morgan fingerprint density at radius 2 is 1.81 bits per heavy atom. The molecule has 0 saturated carbocycles. The molecule has 0 saturated heterocycles. The molecule has 0 aliphatic carbocycles. The molecule has 0 spiro atoms. The maximum absolute atomic E-state index is 11.6. The van der Waals surface area contributed by atoms with Crippen molar-refractivity contribution >= 4 is 45.9 Å². The van der Waals surface area contributed by atoms with Crippen LogP contribution in [0.5, 0.6) is 0 Å². The first-order chi connectivity index (χ1) is 9.03. The van der Waals surface area contributed by atoms with Crippen LogP contribution in [0.3, 0.4) is 0 Å². The Morgan fingerprint density at radius 1 is 1.24 bits per heavy atom. The van der Waals surface area contributed by atoms with Gasteiger partial charge in [0.1, 0.15) is 6.54 Å². The van der Waals surface area contributed by atoms with Gasteiger partial charge >= 0.3 is 0 Å². The third-order valence-electron chi connectivity index (χ3n) is 1.92. The zero-order valence-corrected chi connectivity index (χ0v) is 16.0. The first-order valence-corrected chi connectivity index (χ1v) is 8.08. The number of sulfonamides is 1. The summed E-state index contributed by atoms with van der Waals surface area (Å²) in [5, 5.41) is 13.4. The van der Waals surface area contributed by atoms with Gasteiger partial charge in [0.25, 0.3) is 0 Å². The Morgan fingerprint density at radius 3 is 2.24 bits per heavy atom. The Kier molecular flexibility index (Phi) is 11.0. The lowest BCUT2D eigenvalue weighted by molar-refractivity contribution is -0.121. The number of hydrogen-bond acceptors (Lipinski definition) is 4. The van der Waals surface area contributed by atoms with E-state index in [1.807, 2.05) is 27.7 Å². The van der Waals surface area contributed by atoms with Crippen LogP contribution in [-0.4, -0.2) is 51.2 Å². The minimum Gasteiger partial charge on any atom is -0.357 e. The molecule has 1 amide bonds. The molecule has 0 rings (SSSR count). The van der Waals surface area contributed by atoms with Crippen molar-refractivity contribution in [1.29, 1.82) is 0 Å². The summed E-state index contributed by atoms with van der Waals surface area (Å²) in [5.74, 6) is -0.0349. The van der Waals surface area contributed by atoms with E-state index in [0.717, 1.165) is 0 Å². The second-order valence-corrected chi connectivity index (χ2v) is 7.02. The number of hydrogen-bond donors (Lipinski definition) is 4. The van der Waals surface area contributed by atoms with E-state index in [1.54, 1.807) is 0 Å². The molecule has 10 heteroatoms. The number of rotatable bonds is 6. The number of halogens is 1. The van der Waals surface area contributed by atoms with Gasteiger partial charge in [0.2, 0.25) is 15.9 Å². The van der Waals surface area contributed by atoms with Gasteiger partial charge in [-0.1, -0.05) is 0 Å². The van der Waals surface area contributed by atoms with Crippen LogP contribution in [-0.2, 0) is 14.8 Å². The van der Waals surface area contributed by atoms with E-state index >= 15 is 0 Å². The number of nitrogens with one attached hydrogen (secondary N) is 3. The Labute approximate surface area is 143 Å². The van der Waals surface area contributed by atoms with Crippen molar-refractivity contribution in [2.75, 3.05) is 25.4 Å². The van der Waals surface area contributed by atoms with Crippen LogP contribution in [0.1, 0.15) is 27.7 Å². The van der Waals surface area contributed by atoms with Gasteiger partial charge in [0, 0.05) is 18.6 Å². The molecule has 0 aliphatic heterocycles. The summed E-state index contributed by atoms with van der Waals surface area (Å²) < 4.78 is 21.6. The number of aliphatic imine (C=N–C) groups is 1. The average Bonchev–Trinajstić information content (AvgIpc) is 2.21. The number of nitrogens with two attached hydrogens (primary N) is 1. The van der Waals surface area contributed by atoms with Crippen molar-refractivity contribution < 1.29 is 13.2 Å². The lowest BCUT2D eigenvalue weighted by Gasteiger charge is -2.20. The Hall–Kier alpha value is -0.620. The highest BCUT2D eigenvalue weighted by Crippen LogP contribution is 1.97. The number of guanidine groups is 1. The van der Waals surface area contributed by atoms with Gasteiger partial charge in [-0.3, -0.25) is 4.79 Å².